The van der Waals surface area contributed by atoms with Crippen LogP contribution in [0, 0.1) is 0 Å². The lowest BCUT2D eigenvalue weighted by Crippen LogP contribution is -2.04. The molecule has 0 saturated carbocycles. The van der Waals surface area contributed by atoms with Crippen molar-refractivity contribution in [3.05, 3.63) is 16.5 Å². The van der Waals surface area contributed by atoms with Gasteiger partial charge in [0, 0.05) is 5.25 Å². The maximum absolute atomic E-state index is 10.4. The molecule has 5 heteroatoms. The van der Waals surface area contributed by atoms with Crippen LogP contribution in [0.15, 0.2) is 16.3 Å². The Bertz CT molecular complexity index is 298. The molecule has 0 fully saturated rings. The lowest BCUT2D eigenvalue weighted by atomic mass is 10.3. The Balaban J connectivity index is 2.44. The molecule has 0 radical (unpaired) electrons. The summed E-state index contributed by atoms with van der Waals surface area (Å²) in [7, 11) is 0. The standard InChI is InChI=1S/C8H9ClO2S2/c1-5(4-7(10)11)12-8-3-2-6(9)13-8/h2-3,5H,4H2,1H3,(H,10,11). The normalized spacial score (nSPS) is 12.8. The van der Waals surface area contributed by atoms with Crippen molar-refractivity contribution >= 4 is 40.7 Å². The fourth-order valence-electron chi connectivity index (χ4n) is 0.847. The maximum atomic E-state index is 10.4. The Labute approximate surface area is 89.9 Å². The summed E-state index contributed by atoms with van der Waals surface area (Å²) in [6, 6.07) is 3.73. The number of hydrogen-bond acceptors (Lipinski definition) is 3. The van der Waals surface area contributed by atoms with Crippen molar-refractivity contribution in [1.29, 1.82) is 0 Å². The van der Waals surface area contributed by atoms with Crippen LogP contribution in [0.25, 0.3) is 0 Å². The minimum atomic E-state index is -0.761. The van der Waals surface area contributed by atoms with Gasteiger partial charge in [-0.2, -0.15) is 0 Å². The number of carbonyl (C=O) groups is 1. The quantitative estimate of drug-likeness (QED) is 0.815. The first-order valence-electron chi connectivity index (χ1n) is 3.71. The molecule has 1 atom stereocenters. The van der Waals surface area contributed by atoms with Crippen LogP contribution in [0.3, 0.4) is 0 Å². The van der Waals surface area contributed by atoms with Crippen LogP contribution in [0.2, 0.25) is 4.34 Å². The smallest absolute Gasteiger partial charge is 0.304 e. The van der Waals surface area contributed by atoms with Gasteiger partial charge in [0.15, 0.2) is 0 Å². The van der Waals surface area contributed by atoms with E-state index in [9.17, 15) is 4.79 Å². The highest BCUT2D eigenvalue weighted by molar-refractivity contribution is 8.01. The third-order valence-electron chi connectivity index (χ3n) is 1.33. The van der Waals surface area contributed by atoms with Crippen molar-refractivity contribution in [3.63, 3.8) is 0 Å². The van der Waals surface area contributed by atoms with Crippen LogP contribution < -0.4 is 0 Å². The van der Waals surface area contributed by atoms with Gasteiger partial charge in [-0.25, -0.2) is 0 Å². The van der Waals surface area contributed by atoms with Gasteiger partial charge in [-0.3, -0.25) is 4.79 Å². The molecule has 0 amide bonds. The zero-order chi connectivity index (χ0) is 9.84. The number of rotatable bonds is 4. The zero-order valence-corrected chi connectivity index (χ0v) is 9.38. The first-order valence-corrected chi connectivity index (χ1v) is 5.79. The Kier molecular flexibility index (Phi) is 4.09. The van der Waals surface area contributed by atoms with Crippen LogP contribution in [0.1, 0.15) is 13.3 Å². The lowest BCUT2D eigenvalue weighted by molar-refractivity contribution is -0.136. The fourth-order valence-corrected chi connectivity index (χ4v) is 3.48. The van der Waals surface area contributed by atoms with E-state index in [-0.39, 0.29) is 11.7 Å². The molecule has 1 aromatic heterocycles. The minimum Gasteiger partial charge on any atom is -0.481 e. The molecular formula is C8H9ClO2S2. The van der Waals surface area contributed by atoms with Gasteiger partial charge in [0.2, 0.25) is 0 Å². The molecule has 0 saturated heterocycles. The third-order valence-corrected chi connectivity index (χ3v) is 3.83. The van der Waals surface area contributed by atoms with Gasteiger partial charge < -0.3 is 5.11 Å². The molecule has 1 unspecified atom stereocenters. The van der Waals surface area contributed by atoms with Crippen LogP contribution in [0.5, 0.6) is 0 Å². The van der Waals surface area contributed by atoms with Gasteiger partial charge in [-0.1, -0.05) is 18.5 Å². The van der Waals surface area contributed by atoms with Gasteiger partial charge in [-0.05, 0) is 12.1 Å². The molecule has 0 aliphatic heterocycles. The lowest BCUT2D eigenvalue weighted by Gasteiger charge is -2.04. The van der Waals surface area contributed by atoms with E-state index in [0.717, 1.165) is 8.55 Å². The van der Waals surface area contributed by atoms with Crippen molar-refractivity contribution in [3.8, 4) is 0 Å². The molecule has 2 nitrogen and oxygen atoms in total. The van der Waals surface area contributed by atoms with Crippen molar-refractivity contribution in [2.45, 2.75) is 22.8 Å². The summed E-state index contributed by atoms with van der Waals surface area (Å²) in [5.41, 5.74) is 0. The molecule has 0 aliphatic rings. The van der Waals surface area contributed by atoms with E-state index < -0.39 is 5.97 Å². The average molecular weight is 237 g/mol. The number of thiophene rings is 1. The van der Waals surface area contributed by atoms with Gasteiger partial charge in [0.05, 0.1) is 15.0 Å². The van der Waals surface area contributed by atoms with Crippen molar-refractivity contribution in [1.82, 2.24) is 0 Å². The SMILES string of the molecule is CC(CC(=O)O)Sc1ccc(Cl)s1. The largest absolute Gasteiger partial charge is 0.481 e. The number of halogens is 1. The second kappa shape index (κ2) is 4.88. The Hall–Kier alpha value is -0.190. The van der Waals surface area contributed by atoms with E-state index in [2.05, 4.69) is 0 Å². The first-order chi connectivity index (χ1) is 6.08. The molecule has 72 valence electrons. The molecule has 1 aromatic rings. The second-order valence-electron chi connectivity index (χ2n) is 2.58. The third kappa shape index (κ3) is 4.02. The number of aliphatic carboxylic acids is 1. The summed E-state index contributed by atoms with van der Waals surface area (Å²) in [6.45, 7) is 1.90. The van der Waals surface area contributed by atoms with Crippen molar-refractivity contribution < 1.29 is 9.90 Å². The fraction of sp³-hybridized carbons (Fsp3) is 0.375. The number of carboxylic acid groups (broad SMARTS) is 1. The van der Waals surface area contributed by atoms with Crippen molar-refractivity contribution in [2.24, 2.45) is 0 Å². The molecule has 1 heterocycles. The maximum Gasteiger partial charge on any atom is 0.304 e. The van der Waals surface area contributed by atoms with Crippen LogP contribution >= 0.6 is 34.7 Å². The Morgan fingerprint density at radius 1 is 1.77 bits per heavy atom. The first kappa shape index (κ1) is 10.9. The molecule has 0 aliphatic carbocycles. The summed E-state index contributed by atoms with van der Waals surface area (Å²) in [5.74, 6) is -0.761. The van der Waals surface area contributed by atoms with E-state index in [0.29, 0.717) is 0 Å². The van der Waals surface area contributed by atoms with Crippen LogP contribution in [-0.4, -0.2) is 16.3 Å². The van der Waals surface area contributed by atoms with Gasteiger partial charge in [0.1, 0.15) is 0 Å². The molecule has 13 heavy (non-hydrogen) atoms. The number of carboxylic acids is 1. The summed E-state index contributed by atoms with van der Waals surface area (Å²) in [4.78, 5) is 10.4. The molecule has 1 N–H and O–H groups in total. The average Bonchev–Trinajstić information content (AvgIpc) is 2.33. The van der Waals surface area contributed by atoms with Crippen molar-refractivity contribution in [2.75, 3.05) is 0 Å². The molecule has 1 rings (SSSR count). The minimum absolute atomic E-state index is 0.0900. The predicted molar refractivity (Wildman–Crippen MR) is 56.9 cm³/mol. The summed E-state index contributed by atoms with van der Waals surface area (Å²) in [5, 5.41) is 8.62. The second-order valence-corrected chi connectivity index (χ2v) is 6.04. The van der Waals surface area contributed by atoms with E-state index in [1.807, 2.05) is 19.1 Å². The summed E-state index contributed by atoms with van der Waals surface area (Å²) in [6.07, 6.45) is 0.181. The highest BCUT2D eigenvalue weighted by Crippen LogP contribution is 2.33. The molecule has 0 spiro atoms. The summed E-state index contributed by atoms with van der Waals surface area (Å²) >= 11 is 8.76. The predicted octanol–water partition coefficient (Wildman–Crippen LogP) is 3.36. The monoisotopic (exact) mass is 236 g/mol. The van der Waals surface area contributed by atoms with E-state index in [4.69, 9.17) is 16.7 Å². The van der Waals surface area contributed by atoms with Crippen LogP contribution in [-0.2, 0) is 4.79 Å². The van der Waals surface area contributed by atoms with Gasteiger partial charge in [-0.15, -0.1) is 23.1 Å². The topological polar surface area (TPSA) is 37.3 Å². The van der Waals surface area contributed by atoms with E-state index in [1.165, 1.54) is 11.3 Å². The number of thioether (sulfide) groups is 1. The van der Waals surface area contributed by atoms with Crippen LogP contribution in [0.4, 0.5) is 0 Å². The van der Waals surface area contributed by atoms with E-state index in [1.54, 1.807) is 11.8 Å². The molecular weight excluding hydrogens is 228 g/mol. The van der Waals surface area contributed by atoms with E-state index >= 15 is 0 Å². The highest BCUT2D eigenvalue weighted by Gasteiger charge is 2.10. The zero-order valence-electron chi connectivity index (χ0n) is 6.99. The Morgan fingerprint density at radius 3 is 2.92 bits per heavy atom. The molecule has 0 bridgehead atoms. The van der Waals surface area contributed by atoms with Gasteiger partial charge >= 0.3 is 5.97 Å². The highest BCUT2D eigenvalue weighted by atomic mass is 35.5. The Morgan fingerprint density at radius 2 is 2.46 bits per heavy atom. The number of hydrogen-bond donors (Lipinski definition) is 1. The van der Waals surface area contributed by atoms with Gasteiger partial charge in [0.25, 0.3) is 0 Å². The molecule has 0 aromatic carbocycles. The summed E-state index contributed by atoms with van der Waals surface area (Å²) < 4.78 is 1.81.